The smallest absolute Gasteiger partial charge is 0.174 e. The number of aryl methyl sites for hydroxylation is 1. The van der Waals surface area contributed by atoms with Gasteiger partial charge in [0.15, 0.2) is 6.61 Å². The Morgan fingerprint density at radius 3 is 2.95 bits per heavy atom. The van der Waals surface area contributed by atoms with Gasteiger partial charge in [-0.1, -0.05) is 6.07 Å². The molecule has 0 aliphatic rings. The third-order valence-corrected chi connectivity index (χ3v) is 4.65. The Hall–Kier alpha value is -1.51. The lowest BCUT2D eigenvalue weighted by atomic mass is 10.3. The topological polar surface area (TPSA) is 45.0 Å². The fraction of sp³-hybridized carbons (Fsp3) is 0.214. The molecule has 0 atom stereocenters. The maximum absolute atomic E-state index is 8.48. The molecule has 0 amide bonds. The third-order valence-electron chi connectivity index (χ3n) is 2.51. The molecule has 1 N–H and O–H groups in total. The Balaban J connectivity index is 1.97. The largest absolute Gasteiger partial charge is 0.479 e. The number of anilines is 1. The molecule has 0 saturated carbocycles. The number of nitrogens with zero attached hydrogens (tertiary/aromatic N) is 1. The number of ether oxygens (including phenoxy) is 1. The summed E-state index contributed by atoms with van der Waals surface area (Å²) in [4.78, 5) is 2.55. The summed E-state index contributed by atoms with van der Waals surface area (Å²) in [5.41, 5.74) is 0.984. The standard InChI is InChI=1S/C14H13BrN2OS/c1-10-14(15)8-13(19-10)9-17-11-3-2-4-12(7-11)18-6-5-16/h2-4,7-8,17H,6,9H2,1H3. The SMILES string of the molecule is Cc1sc(CNc2cccc(OCC#N)c2)cc1Br. The molecule has 0 saturated heterocycles. The van der Waals surface area contributed by atoms with Crippen LogP contribution in [0.2, 0.25) is 0 Å². The predicted octanol–water partition coefficient (Wildman–Crippen LogP) is 4.33. The van der Waals surface area contributed by atoms with E-state index in [1.54, 1.807) is 11.3 Å². The number of rotatable bonds is 5. The van der Waals surface area contributed by atoms with Crippen molar-refractivity contribution >= 4 is 33.0 Å². The molecule has 0 spiro atoms. The minimum Gasteiger partial charge on any atom is -0.479 e. The van der Waals surface area contributed by atoms with E-state index < -0.39 is 0 Å². The number of nitrogens with one attached hydrogen (secondary N) is 1. The number of halogens is 1. The van der Waals surface area contributed by atoms with Gasteiger partial charge in [-0.25, -0.2) is 0 Å². The average molecular weight is 337 g/mol. The summed E-state index contributed by atoms with van der Waals surface area (Å²) in [7, 11) is 0. The molecule has 1 aromatic heterocycles. The van der Waals surface area contributed by atoms with Crippen LogP contribution in [0.5, 0.6) is 5.75 Å². The van der Waals surface area contributed by atoms with Crippen molar-refractivity contribution in [2.75, 3.05) is 11.9 Å². The number of benzene rings is 1. The van der Waals surface area contributed by atoms with Gasteiger partial charge in [-0.2, -0.15) is 5.26 Å². The van der Waals surface area contributed by atoms with Crippen LogP contribution < -0.4 is 10.1 Å². The van der Waals surface area contributed by atoms with E-state index in [-0.39, 0.29) is 6.61 Å². The van der Waals surface area contributed by atoms with Crippen LogP contribution >= 0.6 is 27.3 Å². The second-order valence-electron chi connectivity index (χ2n) is 3.95. The van der Waals surface area contributed by atoms with E-state index in [2.05, 4.69) is 34.2 Å². The van der Waals surface area contributed by atoms with Gasteiger partial charge in [-0.05, 0) is 41.1 Å². The minimum atomic E-state index is 0.0700. The van der Waals surface area contributed by atoms with E-state index in [1.807, 2.05) is 30.3 Å². The van der Waals surface area contributed by atoms with Crippen molar-refractivity contribution < 1.29 is 4.74 Å². The fourth-order valence-corrected chi connectivity index (χ4v) is 3.15. The minimum absolute atomic E-state index is 0.0700. The van der Waals surface area contributed by atoms with Gasteiger partial charge in [-0.3, -0.25) is 0 Å². The Kier molecular flexibility index (Phi) is 4.83. The lowest BCUT2D eigenvalue weighted by Crippen LogP contribution is -1.98. The zero-order chi connectivity index (χ0) is 13.7. The molecule has 0 unspecified atom stereocenters. The molecule has 0 aliphatic heterocycles. The molecule has 2 rings (SSSR count). The van der Waals surface area contributed by atoms with E-state index in [0.29, 0.717) is 5.75 Å². The van der Waals surface area contributed by atoms with Crippen molar-refractivity contribution in [3.63, 3.8) is 0 Å². The first-order valence-corrected chi connectivity index (χ1v) is 7.38. The van der Waals surface area contributed by atoms with Crippen molar-refractivity contribution in [1.29, 1.82) is 5.26 Å². The van der Waals surface area contributed by atoms with Gasteiger partial charge in [-0.15, -0.1) is 11.3 Å². The summed E-state index contributed by atoms with van der Waals surface area (Å²) >= 11 is 5.28. The van der Waals surface area contributed by atoms with E-state index in [1.165, 1.54) is 9.75 Å². The van der Waals surface area contributed by atoms with E-state index >= 15 is 0 Å². The average Bonchev–Trinajstić information content (AvgIpc) is 2.74. The van der Waals surface area contributed by atoms with Crippen LogP contribution in [0.4, 0.5) is 5.69 Å². The van der Waals surface area contributed by atoms with Gasteiger partial charge >= 0.3 is 0 Å². The monoisotopic (exact) mass is 336 g/mol. The van der Waals surface area contributed by atoms with E-state index in [9.17, 15) is 0 Å². The number of nitriles is 1. The second-order valence-corrected chi connectivity index (χ2v) is 6.14. The van der Waals surface area contributed by atoms with Crippen molar-refractivity contribution in [1.82, 2.24) is 0 Å². The van der Waals surface area contributed by atoms with Crippen molar-refractivity contribution in [2.24, 2.45) is 0 Å². The van der Waals surface area contributed by atoms with Gasteiger partial charge in [0.2, 0.25) is 0 Å². The second kappa shape index (κ2) is 6.60. The highest BCUT2D eigenvalue weighted by atomic mass is 79.9. The molecule has 0 radical (unpaired) electrons. The third kappa shape index (κ3) is 3.98. The quantitative estimate of drug-likeness (QED) is 0.883. The van der Waals surface area contributed by atoms with Gasteiger partial charge in [0.05, 0.1) is 0 Å². The molecule has 19 heavy (non-hydrogen) atoms. The fourth-order valence-electron chi connectivity index (χ4n) is 1.61. The van der Waals surface area contributed by atoms with Crippen LogP contribution in [0, 0.1) is 18.3 Å². The number of hydrogen-bond acceptors (Lipinski definition) is 4. The molecule has 2 aromatic rings. The molecule has 3 nitrogen and oxygen atoms in total. The predicted molar refractivity (Wildman–Crippen MR) is 81.6 cm³/mol. The van der Waals surface area contributed by atoms with Gasteiger partial charge in [0.1, 0.15) is 11.8 Å². The normalized spacial score (nSPS) is 9.95. The first-order chi connectivity index (χ1) is 9.19. The highest BCUT2D eigenvalue weighted by Crippen LogP contribution is 2.27. The summed E-state index contributed by atoms with van der Waals surface area (Å²) in [6.45, 7) is 2.94. The van der Waals surface area contributed by atoms with Crippen LogP contribution in [0.15, 0.2) is 34.8 Å². The Bertz CT molecular complexity index is 584. The van der Waals surface area contributed by atoms with Crippen LogP contribution in [0.1, 0.15) is 9.75 Å². The Morgan fingerprint density at radius 1 is 1.42 bits per heavy atom. The molecule has 0 aliphatic carbocycles. The Labute approximate surface area is 125 Å². The lowest BCUT2D eigenvalue weighted by Gasteiger charge is -2.07. The highest BCUT2D eigenvalue weighted by molar-refractivity contribution is 9.10. The zero-order valence-electron chi connectivity index (χ0n) is 10.4. The van der Waals surface area contributed by atoms with Crippen LogP contribution in [0.3, 0.4) is 0 Å². The maximum Gasteiger partial charge on any atom is 0.174 e. The molecule has 1 aromatic carbocycles. The molecule has 5 heteroatoms. The number of thiophene rings is 1. The van der Waals surface area contributed by atoms with Crippen molar-refractivity contribution in [2.45, 2.75) is 13.5 Å². The van der Waals surface area contributed by atoms with E-state index in [0.717, 1.165) is 16.7 Å². The molecule has 0 bridgehead atoms. The first kappa shape index (κ1) is 13.9. The van der Waals surface area contributed by atoms with Gasteiger partial charge in [0, 0.05) is 32.5 Å². The summed E-state index contributed by atoms with van der Waals surface area (Å²) in [5, 5.41) is 11.8. The number of hydrogen-bond donors (Lipinski definition) is 1. The van der Waals surface area contributed by atoms with Crippen LogP contribution in [0.25, 0.3) is 0 Å². The van der Waals surface area contributed by atoms with E-state index in [4.69, 9.17) is 10.00 Å². The molecular weight excluding hydrogens is 324 g/mol. The lowest BCUT2D eigenvalue weighted by molar-refractivity contribution is 0.368. The Morgan fingerprint density at radius 2 is 2.26 bits per heavy atom. The zero-order valence-corrected chi connectivity index (χ0v) is 12.8. The molecule has 98 valence electrons. The summed E-state index contributed by atoms with van der Waals surface area (Å²) < 4.78 is 6.42. The highest BCUT2D eigenvalue weighted by Gasteiger charge is 2.03. The van der Waals surface area contributed by atoms with Crippen LogP contribution in [-0.2, 0) is 6.54 Å². The van der Waals surface area contributed by atoms with Crippen LogP contribution in [-0.4, -0.2) is 6.61 Å². The summed E-state index contributed by atoms with van der Waals surface area (Å²) in [5.74, 6) is 0.704. The maximum atomic E-state index is 8.48. The molecular formula is C14H13BrN2OS. The first-order valence-electron chi connectivity index (χ1n) is 5.77. The molecule has 0 fully saturated rings. The molecule has 1 heterocycles. The van der Waals surface area contributed by atoms with Gasteiger partial charge in [0.25, 0.3) is 0 Å². The van der Waals surface area contributed by atoms with Gasteiger partial charge < -0.3 is 10.1 Å². The summed E-state index contributed by atoms with van der Waals surface area (Å²) in [6, 6.07) is 11.7. The summed E-state index contributed by atoms with van der Waals surface area (Å²) in [6.07, 6.45) is 0. The van der Waals surface area contributed by atoms with Crippen molar-refractivity contribution in [3.8, 4) is 11.8 Å². The van der Waals surface area contributed by atoms with Crippen molar-refractivity contribution in [3.05, 3.63) is 44.6 Å².